The summed E-state index contributed by atoms with van der Waals surface area (Å²) < 4.78 is 68.0. The minimum atomic E-state index is -1.04. The first kappa shape index (κ1) is 24.2. The predicted molar refractivity (Wildman–Crippen MR) is 128 cm³/mol. The van der Waals surface area contributed by atoms with Gasteiger partial charge in [-0.1, -0.05) is 12.1 Å². The van der Waals surface area contributed by atoms with Gasteiger partial charge in [-0.05, 0) is 48.4 Å². The summed E-state index contributed by atoms with van der Waals surface area (Å²) in [5.74, 6) is -1.93. The molecule has 0 radical (unpaired) electrons. The summed E-state index contributed by atoms with van der Waals surface area (Å²) in [6.07, 6.45) is -0.885. The molecule has 5 rings (SSSR count). The van der Waals surface area contributed by atoms with E-state index in [-0.39, 0.29) is 29.5 Å². The van der Waals surface area contributed by atoms with E-state index in [4.69, 9.17) is 9.47 Å². The molecule has 1 saturated heterocycles. The van der Waals surface area contributed by atoms with Gasteiger partial charge in [0.25, 0.3) is 0 Å². The van der Waals surface area contributed by atoms with Gasteiger partial charge in [-0.2, -0.15) is 0 Å². The SMILES string of the molecule is CC1=C(c2c(F)cc(F)cc2F)C(c2ccc(OCCN3CC(CF)C3)cc2)Oc2ccc(O)cc21. The van der Waals surface area contributed by atoms with E-state index in [1.54, 1.807) is 37.3 Å². The second-order valence-electron chi connectivity index (χ2n) is 9.16. The van der Waals surface area contributed by atoms with Crippen molar-refractivity contribution < 1.29 is 32.1 Å². The number of hydrogen-bond donors (Lipinski definition) is 1. The normalized spacial score (nSPS) is 18.0. The number of phenols is 1. The van der Waals surface area contributed by atoms with Crippen LogP contribution in [0.5, 0.6) is 17.2 Å². The Hall–Kier alpha value is -3.52. The molecule has 188 valence electrons. The summed E-state index contributed by atoms with van der Waals surface area (Å²) in [6.45, 7) is 4.01. The van der Waals surface area contributed by atoms with Gasteiger partial charge in [0, 0.05) is 48.8 Å². The average Bonchev–Trinajstić information content (AvgIpc) is 2.82. The van der Waals surface area contributed by atoms with E-state index < -0.39 is 23.6 Å². The third-order valence-electron chi connectivity index (χ3n) is 6.66. The van der Waals surface area contributed by atoms with E-state index in [2.05, 4.69) is 4.90 Å². The molecule has 0 aliphatic carbocycles. The van der Waals surface area contributed by atoms with Crippen molar-refractivity contribution in [1.82, 2.24) is 4.90 Å². The van der Waals surface area contributed by atoms with Gasteiger partial charge in [0.1, 0.15) is 47.4 Å². The van der Waals surface area contributed by atoms with Gasteiger partial charge in [0.2, 0.25) is 0 Å². The lowest BCUT2D eigenvalue weighted by Gasteiger charge is -2.37. The van der Waals surface area contributed by atoms with E-state index in [1.807, 2.05) is 0 Å². The lowest BCUT2D eigenvalue weighted by Crippen LogP contribution is -2.49. The van der Waals surface area contributed by atoms with Crippen molar-refractivity contribution in [2.45, 2.75) is 13.0 Å². The maximum absolute atomic E-state index is 14.9. The fourth-order valence-corrected chi connectivity index (χ4v) is 4.78. The second-order valence-corrected chi connectivity index (χ2v) is 9.16. The highest BCUT2D eigenvalue weighted by atomic mass is 19.1. The van der Waals surface area contributed by atoms with Crippen molar-refractivity contribution >= 4 is 11.1 Å². The zero-order chi connectivity index (χ0) is 25.4. The fourth-order valence-electron chi connectivity index (χ4n) is 4.78. The van der Waals surface area contributed by atoms with Crippen molar-refractivity contribution in [1.29, 1.82) is 0 Å². The van der Waals surface area contributed by atoms with Gasteiger partial charge in [0.05, 0.1) is 12.2 Å². The number of likely N-dealkylation sites (tertiary alicyclic amines) is 1. The minimum absolute atomic E-state index is 0.0190. The minimum Gasteiger partial charge on any atom is -0.508 e. The van der Waals surface area contributed by atoms with Crippen LogP contribution in [0.1, 0.15) is 29.7 Å². The number of fused-ring (bicyclic) bond motifs is 1. The number of nitrogens with zero attached hydrogens (tertiary/aromatic N) is 1. The number of alkyl halides is 1. The van der Waals surface area contributed by atoms with Crippen LogP contribution in [0.4, 0.5) is 17.6 Å². The Bertz CT molecular complexity index is 1280. The molecule has 3 aromatic carbocycles. The van der Waals surface area contributed by atoms with Gasteiger partial charge < -0.3 is 14.6 Å². The quantitative estimate of drug-likeness (QED) is 0.396. The van der Waals surface area contributed by atoms with Crippen LogP contribution in [0.2, 0.25) is 0 Å². The molecule has 2 aliphatic rings. The van der Waals surface area contributed by atoms with Crippen LogP contribution in [0.25, 0.3) is 11.1 Å². The zero-order valence-corrected chi connectivity index (χ0v) is 19.6. The van der Waals surface area contributed by atoms with E-state index >= 15 is 0 Å². The molecule has 0 amide bonds. The molecule has 0 spiro atoms. The molecule has 0 saturated carbocycles. The van der Waals surface area contributed by atoms with Gasteiger partial charge in [-0.15, -0.1) is 0 Å². The monoisotopic (exact) mass is 499 g/mol. The molecular formula is C28H25F4NO3. The second kappa shape index (κ2) is 9.85. The van der Waals surface area contributed by atoms with E-state index in [0.717, 1.165) is 13.1 Å². The Morgan fingerprint density at radius 3 is 2.36 bits per heavy atom. The van der Waals surface area contributed by atoms with Crippen LogP contribution < -0.4 is 9.47 Å². The molecule has 36 heavy (non-hydrogen) atoms. The van der Waals surface area contributed by atoms with Crippen molar-refractivity contribution in [3.8, 4) is 17.2 Å². The number of aromatic hydroxyl groups is 1. The summed E-state index contributed by atoms with van der Waals surface area (Å²) in [5, 5.41) is 9.96. The molecule has 2 aliphatic heterocycles. The molecule has 1 fully saturated rings. The zero-order valence-electron chi connectivity index (χ0n) is 19.6. The van der Waals surface area contributed by atoms with Crippen LogP contribution in [0, 0.1) is 23.4 Å². The van der Waals surface area contributed by atoms with Crippen LogP contribution in [-0.2, 0) is 0 Å². The number of benzene rings is 3. The molecule has 2 heterocycles. The van der Waals surface area contributed by atoms with Crippen molar-refractivity contribution in [3.05, 3.63) is 88.7 Å². The number of rotatable bonds is 7. The Kier molecular flexibility index (Phi) is 6.62. The lowest BCUT2D eigenvalue weighted by atomic mass is 9.85. The fraction of sp³-hybridized carbons (Fsp3) is 0.286. The number of allylic oxidation sites excluding steroid dienone is 1. The highest BCUT2D eigenvalue weighted by Crippen LogP contribution is 2.48. The van der Waals surface area contributed by atoms with Gasteiger partial charge >= 0.3 is 0 Å². The third-order valence-corrected chi connectivity index (χ3v) is 6.66. The number of ether oxygens (including phenoxy) is 2. The number of halogens is 4. The molecule has 3 aromatic rings. The Morgan fingerprint density at radius 1 is 1.00 bits per heavy atom. The molecule has 8 heteroatoms. The molecular weight excluding hydrogens is 474 g/mol. The Morgan fingerprint density at radius 2 is 1.69 bits per heavy atom. The Labute approximate surface area is 206 Å². The standard InChI is InChI=1S/C28H25F4NO3/c1-16-22-12-20(34)4-7-25(22)36-28(26(16)27-23(31)10-19(30)11-24(27)32)18-2-5-21(6-3-18)35-9-8-33-14-17(13-29)15-33/h2-7,10-12,17,28,34H,8-9,13-15H2,1H3. The first-order chi connectivity index (χ1) is 17.3. The highest BCUT2D eigenvalue weighted by molar-refractivity contribution is 5.96. The molecule has 1 N–H and O–H groups in total. The van der Waals surface area contributed by atoms with Gasteiger partial charge in [-0.25, -0.2) is 13.2 Å². The van der Waals surface area contributed by atoms with Gasteiger partial charge in [-0.3, -0.25) is 9.29 Å². The topological polar surface area (TPSA) is 41.9 Å². The van der Waals surface area contributed by atoms with E-state index in [9.17, 15) is 22.7 Å². The summed E-state index contributed by atoms with van der Waals surface area (Å²) in [7, 11) is 0. The lowest BCUT2D eigenvalue weighted by molar-refractivity contribution is 0.0668. The van der Waals surface area contributed by atoms with E-state index in [1.165, 1.54) is 12.1 Å². The highest BCUT2D eigenvalue weighted by Gasteiger charge is 2.33. The van der Waals surface area contributed by atoms with Crippen LogP contribution in [0.3, 0.4) is 0 Å². The van der Waals surface area contributed by atoms with Crippen molar-refractivity contribution in [2.75, 3.05) is 32.9 Å². The molecule has 1 atom stereocenters. The predicted octanol–water partition coefficient (Wildman–Crippen LogP) is 6.15. The van der Waals surface area contributed by atoms with Crippen LogP contribution >= 0.6 is 0 Å². The van der Waals surface area contributed by atoms with Crippen molar-refractivity contribution in [2.24, 2.45) is 5.92 Å². The first-order valence-electron chi connectivity index (χ1n) is 11.7. The maximum Gasteiger partial charge on any atom is 0.150 e. The van der Waals surface area contributed by atoms with Crippen LogP contribution in [-0.4, -0.2) is 42.9 Å². The van der Waals surface area contributed by atoms with Gasteiger partial charge in [0.15, 0.2) is 0 Å². The molecule has 1 unspecified atom stereocenters. The van der Waals surface area contributed by atoms with Crippen molar-refractivity contribution in [3.63, 3.8) is 0 Å². The number of hydrogen-bond acceptors (Lipinski definition) is 4. The van der Waals surface area contributed by atoms with Crippen LogP contribution in [0.15, 0.2) is 54.6 Å². The third kappa shape index (κ3) is 4.65. The summed E-state index contributed by atoms with van der Waals surface area (Å²) in [5.41, 5.74) is 1.44. The molecule has 0 aromatic heterocycles. The summed E-state index contributed by atoms with van der Waals surface area (Å²) in [6, 6.07) is 12.8. The summed E-state index contributed by atoms with van der Waals surface area (Å²) >= 11 is 0. The molecule has 4 nitrogen and oxygen atoms in total. The summed E-state index contributed by atoms with van der Waals surface area (Å²) in [4.78, 5) is 2.12. The first-order valence-corrected chi connectivity index (χ1v) is 11.7. The van der Waals surface area contributed by atoms with E-state index in [0.29, 0.717) is 53.5 Å². The maximum atomic E-state index is 14.9. The average molecular weight is 500 g/mol. The molecule has 0 bridgehead atoms. The largest absolute Gasteiger partial charge is 0.508 e. The number of phenolic OH excluding ortho intramolecular Hbond substituents is 1. The Balaban J connectivity index is 1.43. The smallest absolute Gasteiger partial charge is 0.150 e.